The Morgan fingerprint density at radius 2 is 1.63 bits per heavy atom. The Labute approximate surface area is 119 Å². The maximum atomic E-state index is 9.19. The van der Waals surface area contributed by atoms with Crippen LogP contribution in [0, 0.1) is 10.8 Å². The lowest BCUT2D eigenvalue weighted by Gasteiger charge is -2.53. The second-order valence-electron chi connectivity index (χ2n) is 8.11. The molecule has 0 aromatic heterocycles. The Hall–Kier alpha value is -0.120. The first-order chi connectivity index (χ1) is 8.67. The smallest absolute Gasteiger partial charge is 0.0445 e. The van der Waals surface area contributed by atoms with Gasteiger partial charge in [0.1, 0.15) is 0 Å². The highest BCUT2D eigenvalue weighted by Gasteiger charge is 2.47. The number of hydrogen-bond acceptors (Lipinski definition) is 3. The SMILES string of the molecule is CCC(CCO)NC1(CN)CC(C)(C)CC(C)(C)C1. The van der Waals surface area contributed by atoms with Crippen molar-refractivity contribution in [2.75, 3.05) is 13.2 Å². The predicted molar refractivity (Wildman–Crippen MR) is 82.1 cm³/mol. The van der Waals surface area contributed by atoms with Gasteiger partial charge in [-0.25, -0.2) is 0 Å². The van der Waals surface area contributed by atoms with E-state index in [2.05, 4.69) is 39.9 Å². The van der Waals surface area contributed by atoms with E-state index in [1.54, 1.807) is 0 Å². The number of hydrogen-bond donors (Lipinski definition) is 3. The molecule has 0 aliphatic heterocycles. The fourth-order valence-corrected chi connectivity index (χ4v) is 4.59. The third-order valence-electron chi connectivity index (χ3n) is 4.46. The van der Waals surface area contributed by atoms with Crippen molar-refractivity contribution in [1.29, 1.82) is 0 Å². The van der Waals surface area contributed by atoms with E-state index in [0.717, 1.165) is 25.7 Å². The van der Waals surface area contributed by atoms with E-state index in [1.807, 2.05) is 0 Å². The molecule has 3 nitrogen and oxygen atoms in total. The molecular formula is C16H34N2O. The molecule has 1 atom stereocenters. The summed E-state index contributed by atoms with van der Waals surface area (Å²) in [6.45, 7) is 12.5. The second kappa shape index (κ2) is 6.11. The molecule has 0 radical (unpaired) electrons. The minimum atomic E-state index is 0.0289. The average Bonchev–Trinajstić information content (AvgIpc) is 2.24. The molecule has 1 aliphatic carbocycles. The van der Waals surface area contributed by atoms with E-state index in [9.17, 15) is 5.11 Å². The first-order valence-electron chi connectivity index (χ1n) is 7.76. The van der Waals surface area contributed by atoms with Crippen LogP contribution in [0.2, 0.25) is 0 Å². The van der Waals surface area contributed by atoms with Crippen molar-refractivity contribution in [2.24, 2.45) is 16.6 Å². The zero-order chi connectivity index (χ0) is 14.7. The van der Waals surface area contributed by atoms with Gasteiger partial charge in [0.25, 0.3) is 0 Å². The Bertz CT molecular complexity index is 270. The quantitative estimate of drug-likeness (QED) is 0.695. The summed E-state index contributed by atoms with van der Waals surface area (Å²) in [6.07, 6.45) is 5.37. The van der Waals surface area contributed by atoms with Gasteiger partial charge in [0.05, 0.1) is 0 Å². The molecule has 114 valence electrons. The van der Waals surface area contributed by atoms with Crippen LogP contribution in [0.1, 0.15) is 66.7 Å². The van der Waals surface area contributed by atoms with Crippen LogP contribution < -0.4 is 11.1 Å². The highest BCUT2D eigenvalue weighted by Crippen LogP contribution is 2.50. The lowest BCUT2D eigenvalue weighted by Crippen LogP contribution is -2.61. The second-order valence-corrected chi connectivity index (χ2v) is 8.11. The average molecular weight is 270 g/mol. The van der Waals surface area contributed by atoms with E-state index >= 15 is 0 Å². The summed E-state index contributed by atoms with van der Waals surface area (Å²) in [7, 11) is 0. The van der Waals surface area contributed by atoms with Crippen LogP contribution >= 0.6 is 0 Å². The van der Waals surface area contributed by atoms with Crippen LogP contribution in [0.3, 0.4) is 0 Å². The highest BCUT2D eigenvalue weighted by atomic mass is 16.3. The molecule has 1 fully saturated rings. The number of aliphatic hydroxyl groups excluding tert-OH is 1. The standard InChI is InChI=1S/C16H34N2O/c1-6-13(7-8-19)18-16(12-17)10-14(2,3)9-15(4,5)11-16/h13,18-19H,6-12,17H2,1-5H3. The minimum absolute atomic E-state index is 0.0289. The summed E-state index contributed by atoms with van der Waals surface area (Å²) < 4.78 is 0. The molecule has 0 saturated heterocycles. The highest BCUT2D eigenvalue weighted by molar-refractivity contribution is 5.04. The van der Waals surface area contributed by atoms with E-state index < -0.39 is 0 Å². The molecule has 0 aromatic rings. The van der Waals surface area contributed by atoms with Gasteiger partial charge in [-0.15, -0.1) is 0 Å². The van der Waals surface area contributed by atoms with Gasteiger partial charge in [0.15, 0.2) is 0 Å². The lowest BCUT2D eigenvalue weighted by molar-refractivity contribution is 0.0241. The molecule has 1 rings (SSSR count). The number of nitrogens with two attached hydrogens (primary N) is 1. The summed E-state index contributed by atoms with van der Waals surface area (Å²) >= 11 is 0. The summed E-state index contributed by atoms with van der Waals surface area (Å²) in [5, 5.41) is 13.0. The molecule has 0 heterocycles. The van der Waals surface area contributed by atoms with Crippen LogP contribution in [-0.4, -0.2) is 29.8 Å². The van der Waals surface area contributed by atoms with Crippen molar-refractivity contribution >= 4 is 0 Å². The van der Waals surface area contributed by atoms with Crippen LogP contribution in [0.25, 0.3) is 0 Å². The molecule has 0 bridgehead atoms. The van der Waals surface area contributed by atoms with Crippen LogP contribution in [0.5, 0.6) is 0 Å². The molecule has 4 N–H and O–H groups in total. The largest absolute Gasteiger partial charge is 0.396 e. The van der Waals surface area contributed by atoms with Gasteiger partial charge in [0.2, 0.25) is 0 Å². The maximum absolute atomic E-state index is 9.19. The zero-order valence-corrected chi connectivity index (χ0v) is 13.6. The van der Waals surface area contributed by atoms with Gasteiger partial charge in [-0.1, -0.05) is 34.6 Å². The molecule has 0 spiro atoms. The molecule has 0 amide bonds. The summed E-state index contributed by atoms with van der Waals surface area (Å²) in [5.41, 5.74) is 6.83. The molecule has 19 heavy (non-hydrogen) atoms. The lowest BCUT2D eigenvalue weighted by atomic mass is 9.58. The van der Waals surface area contributed by atoms with Crippen molar-refractivity contribution in [3.8, 4) is 0 Å². The van der Waals surface area contributed by atoms with E-state index in [0.29, 0.717) is 23.4 Å². The third kappa shape index (κ3) is 4.73. The zero-order valence-electron chi connectivity index (χ0n) is 13.6. The van der Waals surface area contributed by atoms with Gasteiger partial charge in [-0.2, -0.15) is 0 Å². The molecule has 1 saturated carbocycles. The normalized spacial score (nSPS) is 26.1. The van der Waals surface area contributed by atoms with Gasteiger partial charge in [-0.05, 0) is 42.9 Å². The summed E-state index contributed by atoms with van der Waals surface area (Å²) in [5.74, 6) is 0. The molecule has 1 aliphatic rings. The van der Waals surface area contributed by atoms with Gasteiger partial charge in [-0.3, -0.25) is 0 Å². The van der Waals surface area contributed by atoms with Crippen LogP contribution in [-0.2, 0) is 0 Å². The Morgan fingerprint density at radius 3 is 2.00 bits per heavy atom. The first kappa shape index (κ1) is 16.9. The van der Waals surface area contributed by atoms with E-state index in [4.69, 9.17) is 5.73 Å². The van der Waals surface area contributed by atoms with Crippen LogP contribution in [0.15, 0.2) is 0 Å². The Kier molecular flexibility index (Phi) is 5.44. The van der Waals surface area contributed by atoms with Crippen molar-refractivity contribution in [1.82, 2.24) is 5.32 Å². The Balaban J connectivity index is 2.88. The Morgan fingerprint density at radius 1 is 1.11 bits per heavy atom. The number of rotatable bonds is 6. The topological polar surface area (TPSA) is 58.3 Å². The van der Waals surface area contributed by atoms with E-state index in [-0.39, 0.29) is 12.1 Å². The van der Waals surface area contributed by atoms with Gasteiger partial charge < -0.3 is 16.2 Å². The fraction of sp³-hybridized carbons (Fsp3) is 1.00. The van der Waals surface area contributed by atoms with Gasteiger partial charge >= 0.3 is 0 Å². The van der Waals surface area contributed by atoms with Crippen molar-refractivity contribution in [3.05, 3.63) is 0 Å². The predicted octanol–water partition coefficient (Wildman–Crippen LogP) is 2.67. The molecule has 0 aromatic carbocycles. The minimum Gasteiger partial charge on any atom is -0.396 e. The first-order valence-corrected chi connectivity index (χ1v) is 7.76. The van der Waals surface area contributed by atoms with Crippen molar-refractivity contribution in [2.45, 2.75) is 78.3 Å². The molecule has 1 unspecified atom stereocenters. The maximum Gasteiger partial charge on any atom is 0.0445 e. The van der Waals surface area contributed by atoms with Crippen molar-refractivity contribution in [3.63, 3.8) is 0 Å². The monoisotopic (exact) mass is 270 g/mol. The number of aliphatic hydroxyl groups is 1. The molecular weight excluding hydrogens is 236 g/mol. The van der Waals surface area contributed by atoms with E-state index in [1.165, 1.54) is 6.42 Å². The van der Waals surface area contributed by atoms with Crippen LogP contribution in [0.4, 0.5) is 0 Å². The van der Waals surface area contributed by atoms with Crippen molar-refractivity contribution < 1.29 is 5.11 Å². The number of nitrogens with one attached hydrogen (secondary N) is 1. The molecule has 3 heteroatoms. The van der Waals surface area contributed by atoms with Gasteiger partial charge in [0, 0.05) is 24.7 Å². The fourth-order valence-electron chi connectivity index (χ4n) is 4.59. The third-order valence-corrected chi connectivity index (χ3v) is 4.46. The summed E-state index contributed by atoms with van der Waals surface area (Å²) in [4.78, 5) is 0. The summed E-state index contributed by atoms with van der Waals surface area (Å²) in [6, 6.07) is 0.373.